The third-order valence-electron chi connectivity index (χ3n) is 3.89. The first-order valence-electron chi connectivity index (χ1n) is 7.64. The van der Waals surface area contributed by atoms with Gasteiger partial charge in [0, 0.05) is 17.0 Å². The Morgan fingerprint density at radius 3 is 2.27 bits per heavy atom. The Kier molecular flexibility index (Phi) is 3.61. The van der Waals surface area contributed by atoms with Gasteiger partial charge >= 0.3 is 0 Å². The molecule has 0 amide bonds. The molecule has 1 aromatic heterocycles. The number of aromatic nitrogens is 1. The molecule has 0 N–H and O–H groups in total. The van der Waals surface area contributed by atoms with E-state index >= 15 is 0 Å². The average Bonchev–Trinajstić information content (AvgIpc) is 2.85. The molecule has 0 aliphatic carbocycles. The Bertz CT molecular complexity index is 807. The van der Waals surface area contributed by atoms with Gasteiger partial charge in [-0.05, 0) is 23.6 Å². The molecule has 0 radical (unpaired) electrons. The van der Waals surface area contributed by atoms with Crippen LogP contribution >= 0.6 is 0 Å². The van der Waals surface area contributed by atoms with Crippen molar-refractivity contribution in [2.75, 3.05) is 0 Å². The van der Waals surface area contributed by atoms with E-state index in [1.54, 1.807) is 0 Å². The van der Waals surface area contributed by atoms with Crippen LogP contribution in [0.25, 0.3) is 10.9 Å². The average molecular weight is 291 g/mol. The molecule has 0 spiro atoms. The smallest absolute Gasteiger partial charge is 0.236 e. The zero-order valence-electron chi connectivity index (χ0n) is 13.3. The number of benzene rings is 2. The first-order chi connectivity index (χ1) is 10.5. The van der Waals surface area contributed by atoms with Crippen molar-refractivity contribution in [2.24, 2.45) is 5.41 Å². The molecule has 1 heterocycles. The minimum absolute atomic E-state index is 0.128. The van der Waals surface area contributed by atoms with E-state index in [0.717, 1.165) is 17.3 Å². The fourth-order valence-electron chi connectivity index (χ4n) is 2.74. The topological polar surface area (TPSA) is 22.0 Å². The maximum Gasteiger partial charge on any atom is 0.236 e. The van der Waals surface area contributed by atoms with Gasteiger partial charge in [0.1, 0.15) is 0 Å². The van der Waals surface area contributed by atoms with E-state index < -0.39 is 5.41 Å². The second-order valence-electron chi connectivity index (χ2n) is 6.76. The maximum absolute atomic E-state index is 12.7. The number of hydrogen-bond donors (Lipinski definition) is 0. The van der Waals surface area contributed by atoms with E-state index in [1.807, 2.05) is 55.8 Å². The molecule has 0 fully saturated rings. The molecular weight excluding hydrogens is 270 g/mol. The fourth-order valence-corrected chi connectivity index (χ4v) is 2.74. The minimum atomic E-state index is -0.397. The highest BCUT2D eigenvalue weighted by Gasteiger charge is 2.25. The Labute approximate surface area is 131 Å². The van der Waals surface area contributed by atoms with Crippen molar-refractivity contribution in [2.45, 2.75) is 27.2 Å². The highest BCUT2D eigenvalue weighted by Crippen LogP contribution is 2.27. The normalized spacial score (nSPS) is 11.8. The standard InChI is InChI=1S/C20H21NO/c1-20(2,3)19(22)21-14-16(13-15-9-5-4-6-10-15)17-11-7-8-12-18(17)21/h4-12,14H,13H2,1-3H3. The van der Waals surface area contributed by atoms with Gasteiger partial charge in [0.25, 0.3) is 0 Å². The third-order valence-corrected chi connectivity index (χ3v) is 3.89. The number of fused-ring (bicyclic) bond motifs is 1. The summed E-state index contributed by atoms with van der Waals surface area (Å²) in [4.78, 5) is 12.7. The molecule has 22 heavy (non-hydrogen) atoms. The number of hydrogen-bond acceptors (Lipinski definition) is 1. The number of rotatable bonds is 2. The minimum Gasteiger partial charge on any atom is -0.286 e. The predicted octanol–water partition coefficient (Wildman–Crippen LogP) is 4.92. The van der Waals surface area contributed by atoms with E-state index in [4.69, 9.17) is 0 Å². The maximum atomic E-state index is 12.7. The molecule has 0 bridgehead atoms. The van der Waals surface area contributed by atoms with Crippen molar-refractivity contribution < 1.29 is 4.79 Å². The van der Waals surface area contributed by atoms with Crippen LogP contribution in [0.3, 0.4) is 0 Å². The predicted molar refractivity (Wildman–Crippen MR) is 91.3 cm³/mol. The summed E-state index contributed by atoms with van der Waals surface area (Å²) in [5.41, 5.74) is 3.05. The van der Waals surface area contributed by atoms with Gasteiger partial charge < -0.3 is 0 Å². The third kappa shape index (κ3) is 2.69. The van der Waals surface area contributed by atoms with Gasteiger partial charge in [0.2, 0.25) is 5.91 Å². The van der Waals surface area contributed by atoms with Gasteiger partial charge in [-0.15, -0.1) is 0 Å². The molecular formula is C20H21NO. The van der Waals surface area contributed by atoms with Crippen LogP contribution in [0.5, 0.6) is 0 Å². The van der Waals surface area contributed by atoms with E-state index in [9.17, 15) is 4.79 Å². The zero-order valence-corrected chi connectivity index (χ0v) is 13.3. The van der Waals surface area contributed by atoms with Crippen LogP contribution in [0.15, 0.2) is 60.8 Å². The van der Waals surface area contributed by atoms with Crippen LogP contribution in [0, 0.1) is 5.41 Å². The van der Waals surface area contributed by atoms with Gasteiger partial charge in [-0.1, -0.05) is 69.3 Å². The first-order valence-corrected chi connectivity index (χ1v) is 7.64. The summed E-state index contributed by atoms with van der Waals surface area (Å²) in [6.45, 7) is 5.88. The van der Waals surface area contributed by atoms with Gasteiger partial charge in [-0.2, -0.15) is 0 Å². The summed E-state index contributed by atoms with van der Waals surface area (Å²) in [6.07, 6.45) is 2.84. The summed E-state index contributed by atoms with van der Waals surface area (Å²) in [7, 11) is 0. The monoisotopic (exact) mass is 291 g/mol. The number of nitrogens with zero attached hydrogens (tertiary/aromatic N) is 1. The second-order valence-corrected chi connectivity index (χ2v) is 6.76. The van der Waals surface area contributed by atoms with Crippen LogP contribution in [0.4, 0.5) is 0 Å². The van der Waals surface area contributed by atoms with Gasteiger partial charge in [-0.25, -0.2) is 0 Å². The van der Waals surface area contributed by atoms with Crippen LogP contribution in [0.2, 0.25) is 0 Å². The Balaban J connectivity index is 2.10. The molecule has 0 saturated heterocycles. The van der Waals surface area contributed by atoms with Crippen molar-refractivity contribution in [1.82, 2.24) is 4.57 Å². The van der Waals surface area contributed by atoms with Crippen molar-refractivity contribution in [3.63, 3.8) is 0 Å². The summed E-state index contributed by atoms with van der Waals surface area (Å²) in [5, 5.41) is 1.16. The molecule has 2 heteroatoms. The molecule has 3 aromatic rings. The lowest BCUT2D eigenvalue weighted by Crippen LogP contribution is -2.26. The van der Waals surface area contributed by atoms with Crippen molar-refractivity contribution in [3.8, 4) is 0 Å². The zero-order chi connectivity index (χ0) is 15.7. The molecule has 0 unspecified atom stereocenters. The largest absolute Gasteiger partial charge is 0.286 e. The van der Waals surface area contributed by atoms with Gasteiger partial charge in [-0.3, -0.25) is 9.36 Å². The van der Waals surface area contributed by atoms with Crippen LogP contribution in [0.1, 0.15) is 36.7 Å². The fraction of sp³-hybridized carbons (Fsp3) is 0.250. The Hall–Kier alpha value is -2.35. The van der Waals surface area contributed by atoms with E-state index in [0.29, 0.717) is 0 Å². The molecule has 3 rings (SSSR count). The van der Waals surface area contributed by atoms with Gasteiger partial charge in [0.15, 0.2) is 0 Å². The van der Waals surface area contributed by atoms with E-state index in [1.165, 1.54) is 11.1 Å². The van der Waals surface area contributed by atoms with Gasteiger partial charge in [0.05, 0.1) is 5.52 Å². The SMILES string of the molecule is CC(C)(C)C(=O)n1cc(Cc2ccccc2)c2ccccc21. The molecule has 0 saturated carbocycles. The lowest BCUT2D eigenvalue weighted by molar-refractivity contribution is 0.0772. The highest BCUT2D eigenvalue weighted by molar-refractivity contribution is 5.96. The molecule has 2 nitrogen and oxygen atoms in total. The molecule has 0 aliphatic heterocycles. The lowest BCUT2D eigenvalue weighted by Gasteiger charge is -2.17. The molecule has 0 atom stereocenters. The van der Waals surface area contributed by atoms with Crippen molar-refractivity contribution in [3.05, 3.63) is 71.9 Å². The highest BCUT2D eigenvalue weighted by atomic mass is 16.2. The van der Waals surface area contributed by atoms with Crippen LogP contribution in [-0.4, -0.2) is 10.5 Å². The van der Waals surface area contributed by atoms with Crippen LogP contribution in [-0.2, 0) is 6.42 Å². The van der Waals surface area contributed by atoms with E-state index in [2.05, 4.69) is 30.3 Å². The summed E-state index contributed by atoms with van der Waals surface area (Å²) < 4.78 is 1.81. The number of para-hydroxylation sites is 1. The van der Waals surface area contributed by atoms with Crippen molar-refractivity contribution >= 4 is 16.8 Å². The summed E-state index contributed by atoms with van der Waals surface area (Å²) in [6, 6.07) is 18.5. The molecule has 112 valence electrons. The van der Waals surface area contributed by atoms with Crippen molar-refractivity contribution in [1.29, 1.82) is 0 Å². The van der Waals surface area contributed by atoms with Crippen LogP contribution < -0.4 is 0 Å². The number of carbonyl (C=O) groups is 1. The second kappa shape index (κ2) is 5.45. The number of carbonyl (C=O) groups excluding carboxylic acids is 1. The summed E-state index contributed by atoms with van der Waals surface area (Å²) >= 11 is 0. The first kappa shape index (κ1) is 14.6. The Morgan fingerprint density at radius 1 is 0.955 bits per heavy atom. The molecule has 0 aliphatic rings. The summed E-state index contributed by atoms with van der Waals surface area (Å²) in [5.74, 6) is 0.128. The lowest BCUT2D eigenvalue weighted by atomic mass is 9.95. The molecule has 2 aromatic carbocycles. The Morgan fingerprint density at radius 2 is 1.59 bits per heavy atom. The quantitative estimate of drug-likeness (QED) is 0.657. The van der Waals surface area contributed by atoms with E-state index in [-0.39, 0.29) is 5.91 Å².